The zero-order valence-electron chi connectivity index (χ0n) is 23.6. The van der Waals surface area contributed by atoms with Crippen LogP contribution in [0.4, 0.5) is 0 Å². The van der Waals surface area contributed by atoms with Gasteiger partial charge in [-0.25, -0.2) is 4.79 Å². The highest BCUT2D eigenvalue weighted by molar-refractivity contribution is 6.12. The molecule has 0 fully saturated rings. The molecule has 1 aliphatic rings. The third-order valence-electron chi connectivity index (χ3n) is 7.52. The van der Waals surface area contributed by atoms with Crippen LogP contribution in [0, 0.1) is 13.8 Å². The minimum absolute atomic E-state index is 0.0836. The molecule has 0 spiro atoms. The summed E-state index contributed by atoms with van der Waals surface area (Å²) in [5, 5.41) is 24.4. The standard InChI is InChI=1S/C33H34N2O6/c1-20-7-5-10-28(33(32(38)39)14-13-21(2)26(17-33)31(36)37)27(20)19-41-29-12-11-25(15-22(29)3)30(35-40-4)24-9-6-8-23(16-24)18-34/h5-16H,17-19,34H2,1-4H3,(H,36,37)(H,38,39). The van der Waals surface area contributed by atoms with E-state index < -0.39 is 17.4 Å². The number of ether oxygens (including phenoxy) is 1. The highest BCUT2D eigenvalue weighted by Gasteiger charge is 2.43. The first-order valence-electron chi connectivity index (χ1n) is 13.2. The van der Waals surface area contributed by atoms with E-state index in [9.17, 15) is 19.8 Å². The van der Waals surface area contributed by atoms with E-state index in [2.05, 4.69) is 5.16 Å². The van der Waals surface area contributed by atoms with Gasteiger partial charge in [-0.1, -0.05) is 53.7 Å². The maximum absolute atomic E-state index is 12.7. The predicted molar refractivity (Wildman–Crippen MR) is 157 cm³/mol. The number of carbonyl (C=O) groups is 2. The molecule has 0 radical (unpaired) electrons. The number of nitrogens with two attached hydrogens (primary N) is 1. The second kappa shape index (κ2) is 12.2. The largest absolute Gasteiger partial charge is 0.489 e. The first kappa shape index (κ1) is 29.3. The monoisotopic (exact) mass is 554 g/mol. The Morgan fingerprint density at radius 2 is 1.71 bits per heavy atom. The predicted octanol–water partition coefficient (Wildman–Crippen LogP) is 5.42. The van der Waals surface area contributed by atoms with E-state index in [1.165, 1.54) is 7.11 Å². The Labute approximate surface area is 239 Å². The van der Waals surface area contributed by atoms with Crippen LogP contribution in [0.3, 0.4) is 0 Å². The average molecular weight is 555 g/mol. The molecule has 0 aliphatic heterocycles. The van der Waals surface area contributed by atoms with Crippen LogP contribution in [0.25, 0.3) is 0 Å². The third kappa shape index (κ3) is 5.93. The topological polar surface area (TPSA) is 131 Å². The van der Waals surface area contributed by atoms with Crippen molar-refractivity contribution in [3.8, 4) is 5.75 Å². The third-order valence-corrected chi connectivity index (χ3v) is 7.52. The van der Waals surface area contributed by atoms with Crippen molar-refractivity contribution in [2.45, 2.75) is 45.8 Å². The average Bonchev–Trinajstić information content (AvgIpc) is 2.96. The number of hydrogen-bond acceptors (Lipinski definition) is 6. The van der Waals surface area contributed by atoms with Crippen LogP contribution >= 0.6 is 0 Å². The molecule has 41 heavy (non-hydrogen) atoms. The summed E-state index contributed by atoms with van der Waals surface area (Å²) in [6.07, 6.45) is 3.02. The Hall–Kier alpha value is -4.69. The molecule has 1 unspecified atom stereocenters. The summed E-state index contributed by atoms with van der Waals surface area (Å²) in [6, 6.07) is 18.9. The number of carboxylic acid groups (broad SMARTS) is 2. The van der Waals surface area contributed by atoms with Crippen molar-refractivity contribution in [2.24, 2.45) is 10.9 Å². The van der Waals surface area contributed by atoms with Crippen molar-refractivity contribution >= 4 is 17.7 Å². The quantitative estimate of drug-likeness (QED) is 0.225. The van der Waals surface area contributed by atoms with Gasteiger partial charge in [0.2, 0.25) is 0 Å². The fourth-order valence-corrected chi connectivity index (χ4v) is 5.17. The summed E-state index contributed by atoms with van der Waals surface area (Å²) in [5.41, 5.74) is 11.2. The van der Waals surface area contributed by atoms with Gasteiger partial charge < -0.3 is 25.5 Å². The molecular weight excluding hydrogens is 520 g/mol. The summed E-state index contributed by atoms with van der Waals surface area (Å²) in [7, 11) is 1.50. The molecule has 0 aromatic heterocycles. The molecule has 212 valence electrons. The molecule has 0 saturated carbocycles. The molecule has 0 saturated heterocycles. The Balaban J connectivity index is 1.66. The van der Waals surface area contributed by atoms with E-state index in [0.717, 1.165) is 27.8 Å². The Kier molecular flexibility index (Phi) is 8.74. The zero-order valence-corrected chi connectivity index (χ0v) is 23.6. The van der Waals surface area contributed by atoms with Crippen molar-refractivity contribution < 1.29 is 29.4 Å². The van der Waals surface area contributed by atoms with Gasteiger partial charge in [-0.05, 0) is 78.4 Å². The maximum Gasteiger partial charge on any atom is 0.331 e. The molecule has 3 aromatic rings. The summed E-state index contributed by atoms with van der Waals surface area (Å²) in [5.74, 6) is -1.61. The van der Waals surface area contributed by atoms with Gasteiger partial charge in [0.05, 0.1) is 0 Å². The number of benzene rings is 3. The van der Waals surface area contributed by atoms with Crippen LogP contribution in [0.5, 0.6) is 5.75 Å². The lowest BCUT2D eigenvalue weighted by atomic mass is 9.69. The SMILES string of the molecule is CON=C(c1cccc(CN)c1)c1ccc(OCc2c(C)cccc2C2(C(=O)O)C=CC(C)=C(C(=O)O)C2)c(C)c1. The van der Waals surface area contributed by atoms with Gasteiger partial charge in [-0.15, -0.1) is 0 Å². The summed E-state index contributed by atoms with van der Waals surface area (Å²) >= 11 is 0. The zero-order chi connectivity index (χ0) is 29.7. The van der Waals surface area contributed by atoms with Crippen LogP contribution in [0.1, 0.15) is 52.3 Å². The van der Waals surface area contributed by atoms with Gasteiger partial charge in [-0.2, -0.15) is 0 Å². The van der Waals surface area contributed by atoms with Crippen LogP contribution in [0.2, 0.25) is 0 Å². The van der Waals surface area contributed by atoms with E-state index in [0.29, 0.717) is 34.7 Å². The van der Waals surface area contributed by atoms with Crippen LogP contribution in [0.15, 0.2) is 89.1 Å². The number of aryl methyl sites for hydroxylation is 2. The molecule has 1 aliphatic carbocycles. The van der Waals surface area contributed by atoms with Crippen LogP contribution < -0.4 is 10.5 Å². The molecule has 3 aromatic carbocycles. The Bertz CT molecular complexity index is 1590. The van der Waals surface area contributed by atoms with Gasteiger partial charge in [0.1, 0.15) is 30.6 Å². The normalized spacial score (nSPS) is 17.0. The number of aliphatic carboxylic acids is 2. The number of allylic oxidation sites excluding steroid dienone is 2. The van der Waals surface area contributed by atoms with Gasteiger partial charge in [0.25, 0.3) is 0 Å². The Morgan fingerprint density at radius 1 is 0.976 bits per heavy atom. The first-order valence-corrected chi connectivity index (χ1v) is 13.2. The Morgan fingerprint density at radius 3 is 2.37 bits per heavy atom. The minimum Gasteiger partial charge on any atom is -0.489 e. The molecule has 4 rings (SSSR count). The molecule has 0 amide bonds. The second-order valence-electron chi connectivity index (χ2n) is 10.2. The molecule has 0 bridgehead atoms. The first-order chi connectivity index (χ1) is 19.6. The number of nitrogens with zero attached hydrogens (tertiary/aromatic N) is 1. The van der Waals surface area contributed by atoms with Crippen LogP contribution in [-0.2, 0) is 33.0 Å². The highest BCUT2D eigenvalue weighted by Crippen LogP contribution is 2.41. The lowest BCUT2D eigenvalue weighted by Gasteiger charge is -2.32. The highest BCUT2D eigenvalue weighted by atomic mass is 16.6. The minimum atomic E-state index is -1.53. The summed E-state index contributed by atoms with van der Waals surface area (Å²) < 4.78 is 6.26. The van der Waals surface area contributed by atoms with Gasteiger partial charge in [0.15, 0.2) is 0 Å². The van der Waals surface area contributed by atoms with Gasteiger partial charge >= 0.3 is 11.9 Å². The van der Waals surface area contributed by atoms with Crippen molar-refractivity contribution in [1.82, 2.24) is 0 Å². The van der Waals surface area contributed by atoms with E-state index in [4.69, 9.17) is 15.3 Å². The number of carboxylic acids is 2. The smallest absolute Gasteiger partial charge is 0.331 e. The number of hydrogen-bond donors (Lipinski definition) is 3. The lowest BCUT2D eigenvalue weighted by molar-refractivity contribution is -0.142. The molecule has 8 heteroatoms. The van der Waals surface area contributed by atoms with E-state index >= 15 is 0 Å². The van der Waals surface area contributed by atoms with E-state index in [-0.39, 0.29) is 18.6 Å². The van der Waals surface area contributed by atoms with Crippen molar-refractivity contribution in [3.05, 3.63) is 123 Å². The second-order valence-corrected chi connectivity index (χ2v) is 10.2. The number of rotatable bonds is 10. The summed E-state index contributed by atoms with van der Waals surface area (Å²) in [4.78, 5) is 29.8. The van der Waals surface area contributed by atoms with Crippen molar-refractivity contribution in [1.29, 1.82) is 0 Å². The summed E-state index contributed by atoms with van der Waals surface area (Å²) in [6.45, 7) is 6.01. The van der Waals surface area contributed by atoms with Crippen molar-refractivity contribution in [2.75, 3.05) is 7.11 Å². The molecular formula is C33H34N2O6. The molecule has 0 heterocycles. The van der Waals surface area contributed by atoms with Crippen molar-refractivity contribution in [3.63, 3.8) is 0 Å². The molecule has 1 atom stereocenters. The van der Waals surface area contributed by atoms with E-state index in [1.807, 2.05) is 62.4 Å². The lowest BCUT2D eigenvalue weighted by Crippen LogP contribution is -2.38. The maximum atomic E-state index is 12.7. The van der Waals surface area contributed by atoms with Gasteiger partial charge in [-0.3, -0.25) is 4.79 Å². The number of oxime groups is 1. The van der Waals surface area contributed by atoms with E-state index in [1.54, 1.807) is 31.2 Å². The van der Waals surface area contributed by atoms with Crippen LogP contribution in [-0.4, -0.2) is 35.0 Å². The molecule has 4 N–H and O–H groups in total. The fraction of sp³-hybridized carbons (Fsp3) is 0.242. The molecule has 8 nitrogen and oxygen atoms in total. The fourth-order valence-electron chi connectivity index (χ4n) is 5.17. The van der Waals surface area contributed by atoms with Gasteiger partial charge in [0, 0.05) is 29.7 Å².